The Kier molecular flexibility index (Phi) is 5.34. The predicted molar refractivity (Wildman–Crippen MR) is 105 cm³/mol. The Morgan fingerprint density at radius 1 is 1.44 bits per heavy atom. The van der Waals surface area contributed by atoms with Crippen LogP contribution in [0.3, 0.4) is 0 Å². The third kappa shape index (κ3) is 3.40. The summed E-state index contributed by atoms with van der Waals surface area (Å²) in [6.45, 7) is 4.63. The lowest BCUT2D eigenvalue weighted by Gasteiger charge is -2.26. The molecule has 2 aromatic heterocycles. The Balaban J connectivity index is 0.00000182. The highest BCUT2D eigenvalue weighted by Gasteiger charge is 2.20. The molecule has 3 aromatic rings. The molecule has 1 amide bonds. The second-order valence-electron chi connectivity index (χ2n) is 6.01. The van der Waals surface area contributed by atoms with Gasteiger partial charge in [-0.3, -0.25) is 4.79 Å². The summed E-state index contributed by atoms with van der Waals surface area (Å²) < 4.78 is 1.82. The molecule has 3 heterocycles. The number of aryl methyl sites for hydroxylation is 1. The number of fused-ring (bicyclic) bond motifs is 1. The molecule has 25 heavy (non-hydrogen) atoms. The van der Waals surface area contributed by atoms with Crippen LogP contribution in [0, 0.1) is 12.8 Å². The van der Waals surface area contributed by atoms with Crippen LogP contribution < -0.4 is 10.6 Å². The highest BCUT2D eigenvalue weighted by Crippen LogP contribution is 2.32. The van der Waals surface area contributed by atoms with E-state index in [-0.39, 0.29) is 18.3 Å². The summed E-state index contributed by atoms with van der Waals surface area (Å²) in [5, 5.41) is 12.4. The third-order valence-electron chi connectivity index (χ3n) is 4.27. The van der Waals surface area contributed by atoms with Crippen LogP contribution in [0.15, 0.2) is 30.3 Å². The smallest absolute Gasteiger partial charge is 0.261 e. The maximum absolute atomic E-state index is 12.4. The van der Waals surface area contributed by atoms with Crippen LogP contribution in [-0.2, 0) is 0 Å². The van der Waals surface area contributed by atoms with Crippen molar-refractivity contribution in [1.29, 1.82) is 0 Å². The molecule has 0 saturated carbocycles. The normalized spacial score (nSPS) is 14.2. The maximum atomic E-state index is 12.4. The maximum Gasteiger partial charge on any atom is 0.261 e. The first-order valence-corrected chi connectivity index (χ1v) is 9.06. The number of nitrogens with zero attached hydrogens (tertiary/aromatic N) is 2. The van der Waals surface area contributed by atoms with Crippen molar-refractivity contribution in [3.05, 3.63) is 45.9 Å². The van der Waals surface area contributed by atoms with Crippen molar-refractivity contribution in [1.82, 2.24) is 20.4 Å². The predicted octanol–water partition coefficient (Wildman–Crippen LogP) is 3.42. The zero-order chi connectivity index (χ0) is 16.7. The monoisotopic (exact) mass is 396 g/mol. The fourth-order valence-corrected chi connectivity index (χ4v) is 4.07. The molecular weight excluding hydrogens is 379 g/mol. The average molecular weight is 397 g/mol. The van der Waals surface area contributed by atoms with Crippen LogP contribution in [0.5, 0.6) is 0 Å². The second-order valence-corrected chi connectivity index (χ2v) is 7.45. The number of para-hydroxylation sites is 1. The van der Waals surface area contributed by atoms with E-state index in [0.29, 0.717) is 15.8 Å². The Morgan fingerprint density at radius 2 is 2.20 bits per heavy atom. The number of amides is 1. The molecule has 132 valence electrons. The van der Waals surface area contributed by atoms with Crippen LogP contribution >= 0.6 is 35.3 Å². The molecular formula is C17H18Cl2N4OS. The summed E-state index contributed by atoms with van der Waals surface area (Å²) in [4.78, 5) is 14.1. The lowest BCUT2D eigenvalue weighted by Crippen LogP contribution is -2.48. The van der Waals surface area contributed by atoms with E-state index >= 15 is 0 Å². The van der Waals surface area contributed by atoms with Gasteiger partial charge in [0.15, 0.2) is 0 Å². The number of thiophene rings is 1. The molecule has 0 bridgehead atoms. The van der Waals surface area contributed by atoms with Crippen molar-refractivity contribution in [2.45, 2.75) is 6.92 Å². The second kappa shape index (κ2) is 7.33. The SMILES string of the molecule is Cc1nn(-c2ccccc2Cl)c2sc(C(=O)NCC3CNC3)cc12.Cl. The van der Waals surface area contributed by atoms with Crippen molar-refractivity contribution in [2.24, 2.45) is 5.92 Å². The van der Waals surface area contributed by atoms with E-state index in [9.17, 15) is 4.79 Å². The van der Waals surface area contributed by atoms with Crippen LogP contribution in [-0.4, -0.2) is 35.3 Å². The largest absolute Gasteiger partial charge is 0.351 e. The van der Waals surface area contributed by atoms with Crippen LogP contribution in [0.4, 0.5) is 0 Å². The number of hydrogen-bond acceptors (Lipinski definition) is 4. The third-order valence-corrected chi connectivity index (χ3v) is 5.70. The molecule has 0 unspecified atom stereocenters. The molecule has 1 aliphatic rings. The van der Waals surface area contributed by atoms with E-state index in [1.54, 1.807) is 0 Å². The minimum Gasteiger partial charge on any atom is -0.351 e. The number of benzene rings is 1. The van der Waals surface area contributed by atoms with Gasteiger partial charge in [0.05, 0.1) is 21.3 Å². The van der Waals surface area contributed by atoms with Gasteiger partial charge in [0.1, 0.15) is 4.83 Å². The molecule has 4 rings (SSSR count). The van der Waals surface area contributed by atoms with Gasteiger partial charge in [-0.2, -0.15) is 5.10 Å². The van der Waals surface area contributed by atoms with E-state index in [4.69, 9.17) is 11.6 Å². The molecule has 1 aliphatic heterocycles. The Hall–Kier alpha value is -1.60. The topological polar surface area (TPSA) is 59.0 Å². The van der Waals surface area contributed by atoms with E-state index in [1.165, 1.54) is 11.3 Å². The summed E-state index contributed by atoms with van der Waals surface area (Å²) in [6.07, 6.45) is 0. The van der Waals surface area contributed by atoms with Gasteiger partial charge in [-0.25, -0.2) is 4.68 Å². The van der Waals surface area contributed by atoms with Gasteiger partial charge in [0.25, 0.3) is 5.91 Å². The first-order valence-electron chi connectivity index (χ1n) is 7.86. The lowest BCUT2D eigenvalue weighted by molar-refractivity contribution is 0.0946. The first-order chi connectivity index (χ1) is 11.6. The Morgan fingerprint density at radius 3 is 2.88 bits per heavy atom. The van der Waals surface area contributed by atoms with Crippen molar-refractivity contribution in [3.8, 4) is 5.69 Å². The van der Waals surface area contributed by atoms with Crippen LogP contribution in [0.25, 0.3) is 15.9 Å². The number of aromatic nitrogens is 2. The van der Waals surface area contributed by atoms with E-state index < -0.39 is 0 Å². The van der Waals surface area contributed by atoms with E-state index in [1.807, 2.05) is 41.9 Å². The number of carbonyl (C=O) groups excluding carboxylic acids is 1. The first kappa shape index (κ1) is 18.2. The highest BCUT2D eigenvalue weighted by molar-refractivity contribution is 7.20. The van der Waals surface area contributed by atoms with Crippen LogP contribution in [0.2, 0.25) is 5.02 Å². The van der Waals surface area contributed by atoms with Gasteiger partial charge in [-0.05, 0) is 25.1 Å². The number of rotatable bonds is 4. The Bertz CT molecular complexity index is 917. The number of carbonyl (C=O) groups is 1. The van der Waals surface area contributed by atoms with Crippen molar-refractivity contribution in [2.75, 3.05) is 19.6 Å². The van der Waals surface area contributed by atoms with E-state index in [2.05, 4.69) is 15.7 Å². The van der Waals surface area contributed by atoms with Gasteiger partial charge in [-0.1, -0.05) is 23.7 Å². The average Bonchev–Trinajstić information content (AvgIpc) is 3.07. The fourth-order valence-electron chi connectivity index (χ4n) is 2.76. The molecule has 1 aromatic carbocycles. The Labute approximate surface area is 160 Å². The van der Waals surface area contributed by atoms with Gasteiger partial charge < -0.3 is 10.6 Å². The van der Waals surface area contributed by atoms with Crippen molar-refractivity contribution >= 4 is 51.5 Å². The molecule has 2 N–H and O–H groups in total. The summed E-state index contributed by atoms with van der Waals surface area (Å²) in [7, 11) is 0. The van der Waals surface area contributed by atoms with Gasteiger partial charge in [0, 0.05) is 30.9 Å². The molecule has 0 atom stereocenters. The molecule has 5 nitrogen and oxygen atoms in total. The lowest BCUT2D eigenvalue weighted by atomic mass is 10.0. The number of nitrogens with one attached hydrogen (secondary N) is 2. The molecule has 1 fully saturated rings. The molecule has 1 saturated heterocycles. The molecule has 0 aliphatic carbocycles. The zero-order valence-corrected chi connectivity index (χ0v) is 16.0. The standard InChI is InChI=1S/C17H17ClN4OS.ClH/c1-10-12-6-15(16(23)20-9-11-7-19-8-11)24-17(12)22(21-10)14-5-3-2-4-13(14)18;/h2-6,11,19H,7-9H2,1H3,(H,20,23);1H. The number of halogens is 2. The summed E-state index contributed by atoms with van der Waals surface area (Å²) in [5.74, 6) is 0.525. The minimum absolute atomic E-state index is 0. The highest BCUT2D eigenvalue weighted by atomic mass is 35.5. The summed E-state index contributed by atoms with van der Waals surface area (Å²) in [6, 6.07) is 9.51. The van der Waals surface area contributed by atoms with Gasteiger partial charge >= 0.3 is 0 Å². The summed E-state index contributed by atoms with van der Waals surface area (Å²) >= 11 is 7.75. The van der Waals surface area contributed by atoms with E-state index in [0.717, 1.165) is 41.2 Å². The van der Waals surface area contributed by atoms with Crippen LogP contribution in [0.1, 0.15) is 15.4 Å². The van der Waals surface area contributed by atoms with Crippen molar-refractivity contribution < 1.29 is 4.79 Å². The molecule has 0 spiro atoms. The van der Waals surface area contributed by atoms with Gasteiger partial charge in [-0.15, -0.1) is 23.7 Å². The molecule has 8 heteroatoms. The quantitative estimate of drug-likeness (QED) is 0.709. The van der Waals surface area contributed by atoms with Crippen molar-refractivity contribution in [3.63, 3.8) is 0 Å². The van der Waals surface area contributed by atoms with Gasteiger partial charge in [0.2, 0.25) is 0 Å². The number of hydrogen-bond donors (Lipinski definition) is 2. The fraction of sp³-hybridized carbons (Fsp3) is 0.294. The molecule has 0 radical (unpaired) electrons. The zero-order valence-electron chi connectivity index (χ0n) is 13.6. The minimum atomic E-state index is -0.0202. The summed E-state index contributed by atoms with van der Waals surface area (Å²) in [5.41, 5.74) is 1.72.